The molecule has 0 bridgehead atoms. The first-order chi connectivity index (χ1) is 9.41. The van der Waals surface area contributed by atoms with Crippen molar-refractivity contribution in [2.24, 2.45) is 0 Å². The van der Waals surface area contributed by atoms with Crippen molar-refractivity contribution in [1.29, 1.82) is 0 Å². The minimum Gasteiger partial charge on any atom is -0.379 e. The van der Waals surface area contributed by atoms with Gasteiger partial charge in [0.2, 0.25) is 0 Å². The molecule has 0 saturated carbocycles. The van der Waals surface area contributed by atoms with Gasteiger partial charge in [-0.1, -0.05) is 29.7 Å². The molecule has 1 heterocycles. The Bertz CT molecular complexity index is 714. The highest BCUT2D eigenvalue weighted by Crippen LogP contribution is 2.26. The maximum Gasteiger partial charge on any atom is 0.316 e. The Hall–Kier alpha value is -1.60. The van der Waals surface area contributed by atoms with Gasteiger partial charge in [-0.15, -0.1) is 0 Å². The van der Waals surface area contributed by atoms with Crippen LogP contribution in [0.5, 0.6) is 5.75 Å². The molecule has 0 atom stereocenters. The van der Waals surface area contributed by atoms with Crippen LogP contribution in [0, 0.1) is 5.82 Å². The molecule has 1 aromatic carbocycles. The van der Waals surface area contributed by atoms with Crippen LogP contribution >= 0.6 is 11.6 Å². The van der Waals surface area contributed by atoms with Gasteiger partial charge in [0.25, 0.3) is 0 Å². The fourth-order valence-electron chi connectivity index (χ4n) is 1.48. The van der Waals surface area contributed by atoms with Gasteiger partial charge in [0.15, 0.2) is 17.3 Å². The van der Waals surface area contributed by atoms with E-state index in [0.29, 0.717) is 12.1 Å². The summed E-state index contributed by atoms with van der Waals surface area (Å²) in [5.41, 5.74) is 0.629. The van der Waals surface area contributed by atoms with Crippen LogP contribution in [-0.2, 0) is 22.3 Å². The zero-order valence-electron chi connectivity index (χ0n) is 10.5. The van der Waals surface area contributed by atoms with Gasteiger partial charge in [-0.2, -0.15) is 8.42 Å². The third-order valence-corrected chi connectivity index (χ3v) is 3.79. The molecule has 8 heteroatoms. The monoisotopic (exact) mass is 319 g/mol. The summed E-state index contributed by atoms with van der Waals surface area (Å²) >= 11 is 5.55. The molecule has 0 spiro atoms. The first kappa shape index (κ1) is 14.8. The highest BCUT2D eigenvalue weighted by Gasteiger charge is 2.20. The van der Waals surface area contributed by atoms with Crippen LogP contribution in [0.1, 0.15) is 18.4 Å². The van der Waals surface area contributed by atoms with E-state index >= 15 is 0 Å². The van der Waals surface area contributed by atoms with Gasteiger partial charge in [-0.05, 0) is 18.6 Å². The summed E-state index contributed by atoms with van der Waals surface area (Å²) in [5, 5.41) is 3.45. The fourth-order valence-corrected chi connectivity index (χ4v) is 2.59. The van der Waals surface area contributed by atoms with Gasteiger partial charge in [0.1, 0.15) is 5.75 Å². The van der Waals surface area contributed by atoms with E-state index in [9.17, 15) is 12.8 Å². The van der Waals surface area contributed by atoms with E-state index in [1.165, 1.54) is 24.3 Å². The summed E-state index contributed by atoms with van der Waals surface area (Å²) < 4.78 is 46.7. The first-order valence-corrected chi connectivity index (χ1v) is 7.67. The van der Waals surface area contributed by atoms with Crippen LogP contribution in [0.4, 0.5) is 4.39 Å². The highest BCUT2D eigenvalue weighted by molar-refractivity contribution is 7.86. The summed E-state index contributed by atoms with van der Waals surface area (Å²) in [6.45, 7) is 1.86. The summed E-state index contributed by atoms with van der Waals surface area (Å²) in [5.74, 6) is -1.78. The second kappa shape index (κ2) is 5.80. The lowest BCUT2D eigenvalue weighted by Gasteiger charge is -2.06. The van der Waals surface area contributed by atoms with Crippen molar-refractivity contribution in [2.45, 2.75) is 19.1 Å². The Balaban J connectivity index is 2.17. The van der Waals surface area contributed by atoms with Gasteiger partial charge >= 0.3 is 10.1 Å². The lowest BCUT2D eigenvalue weighted by molar-refractivity contribution is 0.381. The van der Waals surface area contributed by atoms with Crippen LogP contribution in [0.3, 0.4) is 0 Å². The van der Waals surface area contributed by atoms with Gasteiger partial charge in [0.05, 0.1) is 10.7 Å². The first-order valence-electron chi connectivity index (χ1n) is 5.72. The number of hydrogen-bond donors (Lipinski definition) is 0. The molecular weight excluding hydrogens is 309 g/mol. The van der Waals surface area contributed by atoms with E-state index in [1.807, 2.05) is 6.92 Å². The quantitative estimate of drug-likeness (QED) is 0.792. The summed E-state index contributed by atoms with van der Waals surface area (Å²) in [6.07, 6.45) is 0.618. The highest BCUT2D eigenvalue weighted by atomic mass is 35.5. The molecule has 1 aromatic heterocycles. The predicted molar refractivity (Wildman–Crippen MR) is 70.5 cm³/mol. The molecule has 0 amide bonds. The van der Waals surface area contributed by atoms with Crippen molar-refractivity contribution in [2.75, 3.05) is 0 Å². The van der Waals surface area contributed by atoms with Gasteiger partial charge in [-0.25, -0.2) is 4.39 Å². The zero-order valence-corrected chi connectivity index (χ0v) is 12.0. The molecule has 0 aliphatic heterocycles. The normalized spacial score (nSPS) is 11.6. The summed E-state index contributed by atoms with van der Waals surface area (Å²) in [4.78, 5) is 0. The largest absolute Gasteiger partial charge is 0.379 e. The third-order valence-electron chi connectivity index (χ3n) is 2.42. The number of aromatic nitrogens is 1. The van der Waals surface area contributed by atoms with Crippen molar-refractivity contribution in [1.82, 2.24) is 5.16 Å². The Labute approximate surface area is 120 Å². The number of benzene rings is 1. The maximum atomic E-state index is 13.6. The lowest BCUT2D eigenvalue weighted by atomic mass is 10.3. The molecule has 0 saturated heterocycles. The van der Waals surface area contributed by atoms with E-state index in [2.05, 4.69) is 9.34 Å². The van der Waals surface area contributed by atoms with Crippen molar-refractivity contribution in [3.63, 3.8) is 0 Å². The van der Waals surface area contributed by atoms with Gasteiger partial charge < -0.3 is 8.71 Å². The number of rotatable bonds is 5. The average Bonchev–Trinajstić information content (AvgIpc) is 2.81. The van der Waals surface area contributed by atoms with E-state index < -0.39 is 27.4 Å². The average molecular weight is 320 g/mol. The van der Waals surface area contributed by atoms with Crippen molar-refractivity contribution >= 4 is 21.7 Å². The number of hydrogen-bond acceptors (Lipinski definition) is 5. The molecule has 108 valence electrons. The standard InChI is InChI=1S/C12H11ClFNO4S/c1-2-8-6-9(18-15-8)7-20(16,17)19-11-5-3-4-10(13)12(11)14/h3-6H,2,7H2,1H3. The van der Waals surface area contributed by atoms with E-state index in [4.69, 9.17) is 16.1 Å². The molecule has 20 heavy (non-hydrogen) atoms. The van der Waals surface area contributed by atoms with Crippen LogP contribution in [0.15, 0.2) is 28.8 Å². The summed E-state index contributed by atoms with van der Waals surface area (Å²) in [6, 6.07) is 5.37. The topological polar surface area (TPSA) is 69.4 Å². The predicted octanol–water partition coefficient (Wildman–Crippen LogP) is 2.94. The molecule has 0 radical (unpaired) electrons. The number of aryl methyl sites for hydroxylation is 1. The van der Waals surface area contributed by atoms with Crippen LogP contribution < -0.4 is 4.18 Å². The Morgan fingerprint density at radius 2 is 2.20 bits per heavy atom. The molecule has 0 N–H and O–H groups in total. The molecule has 2 rings (SSSR count). The SMILES string of the molecule is CCc1cc(CS(=O)(=O)Oc2cccc(Cl)c2F)on1. The van der Waals surface area contributed by atoms with E-state index in [-0.39, 0.29) is 10.8 Å². The zero-order chi connectivity index (χ0) is 14.8. The molecule has 0 aliphatic carbocycles. The number of nitrogens with zero attached hydrogens (tertiary/aromatic N) is 1. The molecule has 0 aliphatic rings. The summed E-state index contributed by atoms with van der Waals surface area (Å²) in [7, 11) is -4.05. The van der Waals surface area contributed by atoms with Crippen LogP contribution in [0.25, 0.3) is 0 Å². The van der Waals surface area contributed by atoms with Gasteiger partial charge in [-0.3, -0.25) is 0 Å². The van der Waals surface area contributed by atoms with Crippen molar-refractivity contribution < 1.29 is 21.5 Å². The Morgan fingerprint density at radius 1 is 1.45 bits per heavy atom. The van der Waals surface area contributed by atoms with Crippen molar-refractivity contribution in [3.05, 3.63) is 46.6 Å². The Morgan fingerprint density at radius 3 is 2.85 bits per heavy atom. The molecular formula is C12H11ClFNO4S. The molecule has 2 aromatic rings. The lowest BCUT2D eigenvalue weighted by Crippen LogP contribution is -2.12. The Kier molecular flexibility index (Phi) is 4.29. The molecule has 5 nitrogen and oxygen atoms in total. The second-order valence-electron chi connectivity index (χ2n) is 3.98. The molecule has 0 fully saturated rings. The second-order valence-corrected chi connectivity index (χ2v) is 5.95. The van der Waals surface area contributed by atoms with Crippen molar-refractivity contribution in [3.8, 4) is 5.75 Å². The van der Waals surface area contributed by atoms with Gasteiger partial charge in [0, 0.05) is 6.07 Å². The maximum absolute atomic E-state index is 13.6. The fraction of sp³-hybridized carbons (Fsp3) is 0.250. The minimum absolute atomic E-state index is 0.129. The van der Waals surface area contributed by atoms with Crippen LogP contribution in [0.2, 0.25) is 5.02 Å². The van der Waals surface area contributed by atoms with Crippen LogP contribution in [-0.4, -0.2) is 13.6 Å². The number of halogens is 2. The van der Waals surface area contributed by atoms with E-state index in [0.717, 1.165) is 0 Å². The smallest absolute Gasteiger partial charge is 0.316 e. The van der Waals surface area contributed by atoms with E-state index in [1.54, 1.807) is 0 Å². The minimum atomic E-state index is -4.05. The third kappa shape index (κ3) is 3.49. The molecule has 0 unspecified atom stereocenters.